The first-order valence-corrected chi connectivity index (χ1v) is 13.3. The number of fused-ring (bicyclic) bond motifs is 3. The molecule has 1 N–H and O–H groups in total. The molecule has 0 radical (unpaired) electrons. The number of alkyl halides is 4. The minimum atomic E-state index is -3.02. The minimum Gasteiger partial charge on any atom is -0.481 e. The molecule has 3 atom stereocenters. The highest BCUT2D eigenvalue weighted by molar-refractivity contribution is 5.86. The number of rotatable bonds is 7. The van der Waals surface area contributed by atoms with Gasteiger partial charge >= 0.3 is 5.97 Å². The van der Waals surface area contributed by atoms with Gasteiger partial charge in [0.1, 0.15) is 12.4 Å². The first-order chi connectivity index (χ1) is 19.5. The van der Waals surface area contributed by atoms with Crippen LogP contribution in [0.1, 0.15) is 60.7 Å². The number of hydrogen-bond acceptors (Lipinski definition) is 6. The Labute approximate surface area is 234 Å². The van der Waals surface area contributed by atoms with Crippen molar-refractivity contribution in [1.82, 2.24) is 9.55 Å². The van der Waals surface area contributed by atoms with Gasteiger partial charge in [-0.1, -0.05) is 24.3 Å². The molecule has 12 heteroatoms. The summed E-state index contributed by atoms with van der Waals surface area (Å²) in [5.74, 6) is -4.89. The van der Waals surface area contributed by atoms with E-state index in [-0.39, 0.29) is 18.6 Å². The highest BCUT2D eigenvalue weighted by Gasteiger charge is 2.40. The van der Waals surface area contributed by atoms with Gasteiger partial charge in [-0.2, -0.15) is 0 Å². The summed E-state index contributed by atoms with van der Waals surface area (Å²) in [6.45, 7) is 1.91. The molecule has 1 saturated heterocycles. The number of aromatic nitrogens is 2. The van der Waals surface area contributed by atoms with Gasteiger partial charge in [0.25, 0.3) is 18.8 Å². The van der Waals surface area contributed by atoms with Gasteiger partial charge in [-0.3, -0.25) is 9.59 Å². The lowest BCUT2D eigenvalue weighted by Gasteiger charge is -2.34. The topological polar surface area (TPSA) is 93.9 Å². The molecule has 3 unspecified atom stereocenters. The minimum absolute atomic E-state index is 0.0584. The average molecular weight is 580 g/mol. The highest BCUT2D eigenvalue weighted by Crippen LogP contribution is 2.40. The van der Waals surface area contributed by atoms with Crippen molar-refractivity contribution >= 4 is 29.2 Å². The van der Waals surface area contributed by atoms with Crippen LogP contribution in [0.2, 0.25) is 0 Å². The summed E-state index contributed by atoms with van der Waals surface area (Å²) in [5, 5.41) is 10.0. The average Bonchev–Trinajstić information content (AvgIpc) is 3.31. The molecule has 3 aromatic rings. The second-order valence-corrected chi connectivity index (χ2v) is 10.5. The summed E-state index contributed by atoms with van der Waals surface area (Å²) in [5.41, 5.74) is 3.51. The van der Waals surface area contributed by atoms with E-state index in [0.29, 0.717) is 34.9 Å². The van der Waals surface area contributed by atoms with E-state index in [0.717, 1.165) is 24.1 Å². The van der Waals surface area contributed by atoms with Crippen LogP contribution in [0.5, 0.6) is 0 Å². The van der Waals surface area contributed by atoms with Crippen LogP contribution < -0.4 is 4.90 Å². The Balaban J connectivity index is 0.000000909. The van der Waals surface area contributed by atoms with Crippen LogP contribution in [0.25, 0.3) is 11.0 Å². The fourth-order valence-corrected chi connectivity index (χ4v) is 5.54. The van der Waals surface area contributed by atoms with Gasteiger partial charge in [0.05, 0.1) is 36.7 Å². The van der Waals surface area contributed by atoms with Gasteiger partial charge in [0.2, 0.25) is 0 Å². The Kier molecular flexibility index (Phi) is 9.21. The Morgan fingerprint density at radius 3 is 2.46 bits per heavy atom. The van der Waals surface area contributed by atoms with Crippen molar-refractivity contribution in [3.63, 3.8) is 0 Å². The first kappa shape index (κ1) is 30.3. The van der Waals surface area contributed by atoms with Gasteiger partial charge in [-0.15, -0.1) is 0 Å². The molecule has 0 spiro atoms. The molecule has 0 bridgehead atoms. The van der Waals surface area contributed by atoms with Crippen molar-refractivity contribution in [2.45, 2.75) is 63.0 Å². The van der Waals surface area contributed by atoms with Crippen LogP contribution in [-0.2, 0) is 31.9 Å². The van der Waals surface area contributed by atoms with Crippen molar-refractivity contribution < 1.29 is 41.7 Å². The van der Waals surface area contributed by atoms with Crippen molar-refractivity contribution in [2.24, 2.45) is 0 Å². The molecule has 0 saturated carbocycles. The van der Waals surface area contributed by atoms with Gasteiger partial charge in [0.15, 0.2) is 0 Å². The maximum atomic E-state index is 14.4. The zero-order valence-corrected chi connectivity index (χ0v) is 23.0. The SMILES string of the molecule is CC1CCc2c(ccc3c2nc(CC(C(=O)O)c2ccc(C(F)F)cc2)n3C2COCC(F)(F)C2)N1C.COC=O. The predicted molar refractivity (Wildman–Crippen MR) is 144 cm³/mol. The molecule has 2 aromatic carbocycles. The van der Waals surface area contributed by atoms with Crippen molar-refractivity contribution in [1.29, 1.82) is 0 Å². The third-order valence-corrected chi connectivity index (χ3v) is 7.76. The van der Waals surface area contributed by atoms with E-state index >= 15 is 0 Å². The molecule has 8 nitrogen and oxygen atoms in total. The monoisotopic (exact) mass is 579 g/mol. The summed E-state index contributed by atoms with van der Waals surface area (Å²) < 4.78 is 65.6. The number of ether oxygens (including phenoxy) is 2. The number of methoxy groups -OCH3 is 1. The molecule has 3 heterocycles. The van der Waals surface area contributed by atoms with Crippen molar-refractivity contribution in [3.8, 4) is 0 Å². The standard InChI is InChI=1S/C27H29F4N3O3.C2H4O2/c1-15-3-8-19-21(33(15)2)9-10-22-24(19)32-23(34(22)18-12-27(30,31)14-37-13-18)11-20(26(35)36)16-4-6-17(7-5-16)25(28)29;1-4-2-3/h4-7,9-10,15,18,20,25H,3,8,11-14H2,1-2H3,(H,35,36);2H,1H3. The summed E-state index contributed by atoms with van der Waals surface area (Å²) in [4.78, 5) is 28.3. The molecule has 1 aromatic heterocycles. The molecule has 5 rings (SSSR count). The fraction of sp³-hybridized carbons (Fsp3) is 0.483. The molecule has 222 valence electrons. The summed E-state index contributed by atoms with van der Waals surface area (Å²) in [6.07, 6.45) is -1.52. The third-order valence-electron chi connectivity index (χ3n) is 7.76. The number of carbonyl (C=O) groups is 2. The summed E-state index contributed by atoms with van der Waals surface area (Å²) in [6, 6.07) is 8.62. The number of anilines is 1. The number of carboxylic acids is 1. The van der Waals surface area contributed by atoms with Gasteiger partial charge in [0, 0.05) is 42.7 Å². The van der Waals surface area contributed by atoms with Crippen LogP contribution in [0.3, 0.4) is 0 Å². The predicted octanol–water partition coefficient (Wildman–Crippen LogP) is 5.54. The van der Waals surface area contributed by atoms with E-state index in [9.17, 15) is 27.5 Å². The van der Waals surface area contributed by atoms with E-state index in [1.165, 1.54) is 31.4 Å². The summed E-state index contributed by atoms with van der Waals surface area (Å²) >= 11 is 0. The van der Waals surface area contributed by atoms with Crippen molar-refractivity contribution in [2.75, 3.05) is 32.3 Å². The zero-order chi connectivity index (χ0) is 29.9. The Morgan fingerprint density at radius 1 is 1.22 bits per heavy atom. The lowest BCUT2D eigenvalue weighted by atomic mass is 9.94. The molecule has 0 amide bonds. The number of aliphatic carboxylic acids is 1. The van der Waals surface area contributed by atoms with E-state index in [2.05, 4.69) is 16.6 Å². The Morgan fingerprint density at radius 2 is 1.88 bits per heavy atom. The molecule has 41 heavy (non-hydrogen) atoms. The zero-order valence-electron chi connectivity index (χ0n) is 23.0. The number of aryl methyl sites for hydroxylation is 1. The molecule has 0 aliphatic carbocycles. The smallest absolute Gasteiger partial charge is 0.311 e. The van der Waals surface area contributed by atoms with E-state index in [1.54, 1.807) is 4.57 Å². The van der Waals surface area contributed by atoms with Crippen LogP contribution >= 0.6 is 0 Å². The second kappa shape index (κ2) is 12.5. The number of hydrogen-bond donors (Lipinski definition) is 1. The van der Waals surface area contributed by atoms with Gasteiger partial charge in [-0.05, 0) is 37.5 Å². The second-order valence-electron chi connectivity index (χ2n) is 10.5. The van der Waals surface area contributed by atoms with Crippen LogP contribution in [0, 0.1) is 0 Å². The number of carboxylic acid groups (broad SMARTS) is 1. The van der Waals surface area contributed by atoms with E-state index in [4.69, 9.17) is 14.5 Å². The maximum Gasteiger partial charge on any atom is 0.311 e. The number of imidazole rings is 1. The normalized spacial score (nSPS) is 20.6. The number of carbonyl (C=O) groups excluding carboxylic acids is 1. The largest absolute Gasteiger partial charge is 0.481 e. The molecular formula is C29H33F4N3O5. The van der Waals surface area contributed by atoms with Crippen LogP contribution in [0.15, 0.2) is 36.4 Å². The van der Waals surface area contributed by atoms with Crippen LogP contribution in [-0.4, -0.2) is 66.4 Å². The maximum absolute atomic E-state index is 14.4. The van der Waals surface area contributed by atoms with Crippen molar-refractivity contribution in [3.05, 3.63) is 58.9 Å². The van der Waals surface area contributed by atoms with Crippen LogP contribution in [0.4, 0.5) is 23.2 Å². The van der Waals surface area contributed by atoms with Gasteiger partial charge < -0.3 is 24.0 Å². The number of benzene rings is 2. The molecule has 1 fully saturated rings. The number of halogens is 4. The lowest BCUT2D eigenvalue weighted by Crippen LogP contribution is -2.37. The first-order valence-electron chi connectivity index (χ1n) is 13.3. The van der Waals surface area contributed by atoms with Gasteiger partial charge in [-0.25, -0.2) is 22.5 Å². The summed E-state index contributed by atoms with van der Waals surface area (Å²) in [7, 11) is 3.32. The number of nitrogens with zero attached hydrogens (tertiary/aromatic N) is 3. The van der Waals surface area contributed by atoms with E-state index in [1.807, 2.05) is 19.2 Å². The molecule has 2 aliphatic rings. The Hall–Kier alpha value is -3.67. The highest BCUT2D eigenvalue weighted by atomic mass is 19.3. The quantitative estimate of drug-likeness (QED) is 0.290. The lowest BCUT2D eigenvalue weighted by molar-refractivity contribution is -0.139. The molecular weight excluding hydrogens is 546 g/mol. The Bertz CT molecular complexity index is 1380. The fourth-order valence-electron chi connectivity index (χ4n) is 5.54. The molecule has 2 aliphatic heterocycles. The third kappa shape index (κ3) is 6.47. The van der Waals surface area contributed by atoms with E-state index < -0.39 is 43.3 Å².